The van der Waals surface area contributed by atoms with Gasteiger partial charge in [0.05, 0.1) is 0 Å². The van der Waals surface area contributed by atoms with Crippen LogP contribution in [0.2, 0.25) is 0 Å². The van der Waals surface area contributed by atoms with Crippen molar-refractivity contribution in [3.63, 3.8) is 0 Å². The monoisotopic (exact) mass is 268 g/mol. The van der Waals surface area contributed by atoms with Crippen molar-refractivity contribution in [3.05, 3.63) is 0 Å². The zero-order valence-electron chi connectivity index (χ0n) is 12.1. The van der Waals surface area contributed by atoms with Crippen molar-refractivity contribution in [1.82, 2.24) is 9.80 Å². The van der Waals surface area contributed by atoms with E-state index in [9.17, 15) is 14.7 Å². The van der Waals surface area contributed by atoms with E-state index in [1.807, 2.05) is 4.90 Å². The van der Waals surface area contributed by atoms with Crippen LogP contribution in [0.15, 0.2) is 0 Å². The highest BCUT2D eigenvalue weighted by Gasteiger charge is 2.42. The van der Waals surface area contributed by atoms with Gasteiger partial charge in [-0.25, -0.2) is 9.59 Å². The molecule has 108 valence electrons. The number of likely N-dealkylation sites (tertiary alicyclic amines) is 1. The Bertz CT molecular complexity index is 381. The van der Waals surface area contributed by atoms with Gasteiger partial charge in [0.2, 0.25) is 0 Å². The normalized spacial score (nSPS) is 27.0. The lowest BCUT2D eigenvalue weighted by molar-refractivity contribution is -0.147. The fourth-order valence-corrected chi connectivity index (χ4v) is 3.27. The van der Waals surface area contributed by atoms with Gasteiger partial charge in [-0.1, -0.05) is 6.42 Å². The topological polar surface area (TPSA) is 60.9 Å². The van der Waals surface area contributed by atoms with E-state index in [-0.39, 0.29) is 6.03 Å². The van der Waals surface area contributed by atoms with Gasteiger partial charge < -0.3 is 14.9 Å². The van der Waals surface area contributed by atoms with Gasteiger partial charge in [-0.3, -0.25) is 0 Å². The summed E-state index contributed by atoms with van der Waals surface area (Å²) >= 11 is 0. The van der Waals surface area contributed by atoms with Gasteiger partial charge in [-0.15, -0.1) is 0 Å². The summed E-state index contributed by atoms with van der Waals surface area (Å²) in [6.07, 6.45) is 5.71. The van der Waals surface area contributed by atoms with Gasteiger partial charge in [-0.05, 0) is 45.4 Å². The molecule has 1 aliphatic heterocycles. The van der Waals surface area contributed by atoms with Crippen LogP contribution in [-0.4, -0.2) is 52.1 Å². The highest BCUT2D eigenvalue weighted by Crippen LogP contribution is 2.37. The largest absolute Gasteiger partial charge is 0.480 e. The molecule has 0 aromatic heterocycles. The summed E-state index contributed by atoms with van der Waals surface area (Å²) in [7, 11) is 1.59. The van der Waals surface area contributed by atoms with E-state index < -0.39 is 11.5 Å². The molecule has 2 atom stereocenters. The molecule has 0 aromatic rings. The quantitative estimate of drug-likeness (QED) is 0.835. The number of likely N-dealkylation sites (N-methyl/N-ethyl adjacent to an activating group) is 1. The van der Waals surface area contributed by atoms with E-state index in [2.05, 4.69) is 0 Å². The number of hydrogen-bond donors (Lipinski definition) is 1. The second-order valence-electron chi connectivity index (χ2n) is 6.30. The number of nitrogens with zero attached hydrogens (tertiary/aromatic N) is 2. The molecule has 2 rings (SSSR count). The average Bonchev–Trinajstić information content (AvgIpc) is 2.84. The molecule has 1 saturated heterocycles. The number of rotatable bonds is 2. The first kappa shape index (κ1) is 14.2. The zero-order chi connectivity index (χ0) is 14.2. The number of carbonyl (C=O) groups is 2. The van der Waals surface area contributed by atoms with Gasteiger partial charge in [-0.2, -0.15) is 0 Å². The van der Waals surface area contributed by atoms with E-state index >= 15 is 0 Å². The lowest BCUT2D eigenvalue weighted by Crippen LogP contribution is -2.58. The van der Waals surface area contributed by atoms with Crippen molar-refractivity contribution in [2.24, 2.45) is 5.92 Å². The minimum absolute atomic E-state index is 0.135. The summed E-state index contributed by atoms with van der Waals surface area (Å²) in [5, 5.41) is 9.23. The second-order valence-corrected chi connectivity index (χ2v) is 6.30. The van der Waals surface area contributed by atoms with Crippen LogP contribution in [0.4, 0.5) is 4.79 Å². The molecule has 2 aliphatic rings. The van der Waals surface area contributed by atoms with Crippen molar-refractivity contribution in [2.75, 3.05) is 13.6 Å². The maximum Gasteiger partial charge on any atom is 0.329 e. The molecule has 2 unspecified atom stereocenters. The number of urea groups is 1. The molecule has 5 nitrogen and oxygen atoms in total. The predicted octanol–water partition coefficient (Wildman–Crippen LogP) is 2.17. The first-order valence-electron chi connectivity index (χ1n) is 7.13. The smallest absolute Gasteiger partial charge is 0.329 e. The molecule has 1 heterocycles. The summed E-state index contributed by atoms with van der Waals surface area (Å²) in [6, 6.07) is 0.192. The minimum Gasteiger partial charge on any atom is -0.480 e. The van der Waals surface area contributed by atoms with Crippen molar-refractivity contribution in [2.45, 2.75) is 57.5 Å². The van der Waals surface area contributed by atoms with Crippen molar-refractivity contribution in [3.8, 4) is 0 Å². The van der Waals surface area contributed by atoms with Crippen molar-refractivity contribution < 1.29 is 14.7 Å². The van der Waals surface area contributed by atoms with Crippen LogP contribution in [0, 0.1) is 5.92 Å². The van der Waals surface area contributed by atoms with Crippen molar-refractivity contribution >= 4 is 12.0 Å². The molecule has 1 saturated carbocycles. The van der Waals surface area contributed by atoms with E-state index in [1.165, 1.54) is 24.2 Å². The van der Waals surface area contributed by atoms with E-state index in [0.29, 0.717) is 12.0 Å². The van der Waals surface area contributed by atoms with Gasteiger partial charge in [0.25, 0.3) is 0 Å². The maximum absolute atomic E-state index is 12.6. The lowest BCUT2D eigenvalue weighted by atomic mass is 9.92. The lowest BCUT2D eigenvalue weighted by Gasteiger charge is -2.42. The maximum atomic E-state index is 12.6. The molecular weight excluding hydrogens is 244 g/mol. The van der Waals surface area contributed by atoms with Crippen LogP contribution in [-0.2, 0) is 4.79 Å². The highest BCUT2D eigenvalue weighted by molar-refractivity contribution is 5.85. The van der Waals surface area contributed by atoms with Gasteiger partial charge >= 0.3 is 12.0 Å². The van der Waals surface area contributed by atoms with Gasteiger partial charge in [0, 0.05) is 19.6 Å². The Morgan fingerprint density at radius 1 is 1.21 bits per heavy atom. The highest BCUT2D eigenvalue weighted by atomic mass is 16.4. The molecule has 2 amide bonds. The molecule has 2 fully saturated rings. The van der Waals surface area contributed by atoms with E-state index in [1.54, 1.807) is 20.9 Å². The number of piperidine rings is 1. The third kappa shape index (κ3) is 2.42. The van der Waals surface area contributed by atoms with Crippen LogP contribution in [0.25, 0.3) is 0 Å². The number of carboxylic acid groups (broad SMARTS) is 1. The number of hydrogen-bond acceptors (Lipinski definition) is 2. The Morgan fingerprint density at radius 2 is 1.84 bits per heavy atom. The average molecular weight is 268 g/mol. The number of carboxylic acids is 1. The van der Waals surface area contributed by atoms with E-state index in [0.717, 1.165) is 19.4 Å². The number of fused-ring (bicyclic) bond motifs is 1. The fourth-order valence-electron chi connectivity index (χ4n) is 3.27. The number of aliphatic carboxylic acids is 1. The van der Waals surface area contributed by atoms with Crippen LogP contribution < -0.4 is 0 Å². The van der Waals surface area contributed by atoms with E-state index in [4.69, 9.17) is 0 Å². The summed E-state index contributed by atoms with van der Waals surface area (Å²) in [5.74, 6) is -0.345. The SMILES string of the molecule is CN(C(=O)N1CCCC2CCCC21)C(C)(C)C(=O)O. The Kier molecular flexibility index (Phi) is 3.74. The third-order valence-corrected chi connectivity index (χ3v) is 4.89. The summed E-state index contributed by atoms with van der Waals surface area (Å²) in [5.41, 5.74) is -1.16. The first-order valence-corrected chi connectivity index (χ1v) is 7.13. The van der Waals surface area contributed by atoms with Gasteiger partial charge in [0.1, 0.15) is 5.54 Å². The molecule has 1 aliphatic carbocycles. The number of carbonyl (C=O) groups excluding carboxylic acids is 1. The van der Waals surface area contributed by atoms with Crippen LogP contribution in [0.1, 0.15) is 46.0 Å². The van der Waals surface area contributed by atoms with Crippen molar-refractivity contribution in [1.29, 1.82) is 0 Å². The molecule has 0 bridgehead atoms. The second kappa shape index (κ2) is 5.02. The van der Waals surface area contributed by atoms with Gasteiger partial charge in [0.15, 0.2) is 0 Å². The third-order valence-electron chi connectivity index (χ3n) is 4.89. The predicted molar refractivity (Wildman–Crippen MR) is 71.9 cm³/mol. The molecule has 19 heavy (non-hydrogen) atoms. The Balaban J connectivity index is 2.12. The zero-order valence-corrected chi connectivity index (χ0v) is 12.1. The summed E-state index contributed by atoms with van der Waals surface area (Å²) < 4.78 is 0. The Morgan fingerprint density at radius 3 is 2.47 bits per heavy atom. The molecular formula is C14H24N2O3. The summed E-state index contributed by atoms with van der Waals surface area (Å²) in [6.45, 7) is 3.91. The summed E-state index contributed by atoms with van der Waals surface area (Å²) in [4.78, 5) is 27.1. The fraction of sp³-hybridized carbons (Fsp3) is 0.857. The molecule has 0 aromatic carbocycles. The molecule has 5 heteroatoms. The van der Waals surface area contributed by atoms with Crippen LogP contribution in [0.3, 0.4) is 0 Å². The Hall–Kier alpha value is -1.26. The first-order chi connectivity index (χ1) is 8.85. The molecule has 0 radical (unpaired) electrons. The standard InChI is InChI=1S/C14H24N2O3/c1-14(2,12(17)18)15(3)13(19)16-9-5-7-10-6-4-8-11(10)16/h10-11H,4-9H2,1-3H3,(H,17,18). The molecule has 1 N–H and O–H groups in total. The van der Waals surface area contributed by atoms with Crippen LogP contribution >= 0.6 is 0 Å². The van der Waals surface area contributed by atoms with Crippen LogP contribution in [0.5, 0.6) is 0 Å². The Labute approximate surface area is 114 Å². The number of amides is 2. The molecule has 0 spiro atoms. The minimum atomic E-state index is -1.16.